The molecule has 2 nitrogen and oxygen atoms in total. The SMILES string of the molecule is CCCC1CCCC(C#N)(Nc2ccccc2)CC1. The smallest absolute Gasteiger partial charge is 0.125 e. The van der Waals surface area contributed by atoms with Gasteiger partial charge in [-0.15, -0.1) is 0 Å². The molecule has 0 aliphatic heterocycles. The van der Waals surface area contributed by atoms with Crippen LogP contribution in [0.3, 0.4) is 0 Å². The van der Waals surface area contributed by atoms with Gasteiger partial charge in [-0.1, -0.05) is 44.4 Å². The maximum Gasteiger partial charge on any atom is 0.125 e. The number of hydrogen-bond acceptors (Lipinski definition) is 2. The van der Waals surface area contributed by atoms with Gasteiger partial charge in [-0.05, 0) is 43.7 Å². The molecular weight excluding hydrogens is 232 g/mol. The Morgan fingerprint density at radius 3 is 2.74 bits per heavy atom. The summed E-state index contributed by atoms with van der Waals surface area (Å²) in [6.07, 6.45) is 8.15. The summed E-state index contributed by atoms with van der Waals surface area (Å²) in [7, 11) is 0. The van der Waals surface area contributed by atoms with Crippen molar-refractivity contribution < 1.29 is 0 Å². The molecule has 1 saturated carbocycles. The molecule has 1 aromatic rings. The second kappa shape index (κ2) is 6.61. The second-order valence-corrected chi connectivity index (χ2v) is 5.77. The minimum Gasteiger partial charge on any atom is -0.367 e. The highest BCUT2D eigenvalue weighted by atomic mass is 15.0. The fourth-order valence-corrected chi connectivity index (χ4v) is 3.17. The molecule has 102 valence electrons. The normalized spacial score (nSPS) is 27.3. The number of benzene rings is 1. The van der Waals surface area contributed by atoms with Crippen LogP contribution in [0.1, 0.15) is 51.9 Å². The molecule has 1 aliphatic carbocycles. The van der Waals surface area contributed by atoms with Gasteiger partial charge in [0.25, 0.3) is 0 Å². The second-order valence-electron chi connectivity index (χ2n) is 5.77. The van der Waals surface area contributed by atoms with E-state index in [-0.39, 0.29) is 5.54 Å². The van der Waals surface area contributed by atoms with Gasteiger partial charge >= 0.3 is 0 Å². The lowest BCUT2D eigenvalue weighted by molar-refractivity contribution is 0.416. The summed E-state index contributed by atoms with van der Waals surface area (Å²) < 4.78 is 0. The van der Waals surface area contributed by atoms with Crippen LogP contribution in [0, 0.1) is 17.2 Å². The molecule has 0 spiro atoms. The molecule has 1 fully saturated rings. The summed E-state index contributed by atoms with van der Waals surface area (Å²) in [5.41, 5.74) is 0.710. The lowest BCUT2D eigenvalue weighted by atomic mass is 9.90. The minimum absolute atomic E-state index is 0.357. The Labute approximate surface area is 116 Å². The first-order chi connectivity index (χ1) is 9.28. The highest BCUT2D eigenvalue weighted by Gasteiger charge is 2.32. The number of nitriles is 1. The zero-order chi connectivity index (χ0) is 13.6. The number of nitrogens with zero attached hydrogens (tertiary/aromatic N) is 1. The van der Waals surface area contributed by atoms with Gasteiger partial charge < -0.3 is 5.32 Å². The lowest BCUT2D eigenvalue weighted by Crippen LogP contribution is -2.36. The summed E-state index contributed by atoms with van der Waals surface area (Å²) in [6.45, 7) is 2.25. The third kappa shape index (κ3) is 3.73. The van der Waals surface area contributed by atoms with Gasteiger partial charge in [0.2, 0.25) is 0 Å². The highest BCUT2D eigenvalue weighted by molar-refractivity contribution is 5.47. The first-order valence-corrected chi connectivity index (χ1v) is 7.52. The van der Waals surface area contributed by atoms with E-state index in [1.54, 1.807) is 0 Å². The van der Waals surface area contributed by atoms with Gasteiger partial charge in [0.1, 0.15) is 5.54 Å². The quantitative estimate of drug-likeness (QED) is 0.790. The van der Waals surface area contributed by atoms with Crippen molar-refractivity contribution in [2.75, 3.05) is 5.32 Å². The van der Waals surface area contributed by atoms with Crippen molar-refractivity contribution in [3.05, 3.63) is 30.3 Å². The minimum atomic E-state index is -0.357. The molecule has 0 amide bonds. The van der Waals surface area contributed by atoms with Crippen LogP contribution >= 0.6 is 0 Å². The average Bonchev–Trinajstić information content (AvgIpc) is 2.64. The number of hydrogen-bond donors (Lipinski definition) is 1. The van der Waals surface area contributed by atoms with E-state index < -0.39 is 0 Å². The van der Waals surface area contributed by atoms with Crippen LogP contribution in [0.2, 0.25) is 0 Å². The Hall–Kier alpha value is -1.49. The van der Waals surface area contributed by atoms with Crippen LogP contribution in [0.4, 0.5) is 5.69 Å². The third-order valence-corrected chi connectivity index (χ3v) is 4.26. The molecule has 19 heavy (non-hydrogen) atoms. The van der Waals surface area contributed by atoms with Crippen LogP contribution in [0.15, 0.2) is 30.3 Å². The summed E-state index contributed by atoms with van der Waals surface area (Å²) in [5, 5.41) is 13.1. The van der Waals surface area contributed by atoms with Crippen molar-refractivity contribution in [1.29, 1.82) is 5.26 Å². The Kier molecular flexibility index (Phi) is 4.85. The van der Waals surface area contributed by atoms with E-state index in [0.29, 0.717) is 0 Å². The van der Waals surface area contributed by atoms with Crippen LogP contribution in [0.5, 0.6) is 0 Å². The van der Waals surface area contributed by atoms with Crippen molar-refractivity contribution >= 4 is 5.69 Å². The van der Waals surface area contributed by atoms with E-state index in [1.807, 2.05) is 30.3 Å². The van der Waals surface area contributed by atoms with Crippen molar-refractivity contribution in [2.45, 2.75) is 57.4 Å². The van der Waals surface area contributed by atoms with Crippen molar-refractivity contribution in [3.63, 3.8) is 0 Å². The number of nitrogens with one attached hydrogen (secondary N) is 1. The van der Waals surface area contributed by atoms with Crippen LogP contribution in [-0.4, -0.2) is 5.54 Å². The summed E-state index contributed by atoms with van der Waals surface area (Å²) >= 11 is 0. The molecule has 1 aliphatic rings. The molecular formula is C17H24N2. The summed E-state index contributed by atoms with van der Waals surface area (Å²) in [4.78, 5) is 0. The maximum absolute atomic E-state index is 9.63. The Balaban J connectivity index is 2.04. The molecule has 2 heteroatoms. The molecule has 0 heterocycles. The van der Waals surface area contributed by atoms with E-state index in [2.05, 4.69) is 18.3 Å². The Bertz CT molecular complexity index is 421. The van der Waals surface area contributed by atoms with E-state index >= 15 is 0 Å². The number of para-hydroxylation sites is 1. The van der Waals surface area contributed by atoms with E-state index in [0.717, 1.165) is 30.9 Å². The Morgan fingerprint density at radius 2 is 2.05 bits per heavy atom. The zero-order valence-corrected chi connectivity index (χ0v) is 11.9. The molecule has 2 unspecified atom stereocenters. The van der Waals surface area contributed by atoms with Crippen LogP contribution < -0.4 is 5.32 Å². The first kappa shape index (κ1) is 13.9. The molecule has 1 aromatic carbocycles. The van der Waals surface area contributed by atoms with Crippen molar-refractivity contribution in [2.24, 2.45) is 5.92 Å². The fraction of sp³-hybridized carbons (Fsp3) is 0.588. The fourth-order valence-electron chi connectivity index (χ4n) is 3.17. The zero-order valence-electron chi connectivity index (χ0n) is 11.9. The molecule has 0 saturated heterocycles. The van der Waals surface area contributed by atoms with Gasteiger partial charge in [-0.3, -0.25) is 0 Å². The van der Waals surface area contributed by atoms with Gasteiger partial charge in [-0.2, -0.15) is 5.26 Å². The summed E-state index contributed by atoms with van der Waals surface area (Å²) in [5.74, 6) is 0.817. The maximum atomic E-state index is 9.63. The van der Waals surface area contributed by atoms with Crippen LogP contribution in [-0.2, 0) is 0 Å². The van der Waals surface area contributed by atoms with Crippen molar-refractivity contribution in [1.82, 2.24) is 0 Å². The molecule has 1 N–H and O–H groups in total. The molecule has 2 atom stereocenters. The predicted molar refractivity (Wildman–Crippen MR) is 79.9 cm³/mol. The van der Waals surface area contributed by atoms with Gasteiger partial charge in [0, 0.05) is 5.69 Å². The molecule has 0 bridgehead atoms. The van der Waals surface area contributed by atoms with E-state index in [4.69, 9.17) is 0 Å². The number of rotatable bonds is 4. The monoisotopic (exact) mass is 256 g/mol. The van der Waals surface area contributed by atoms with Gasteiger partial charge in [0.15, 0.2) is 0 Å². The third-order valence-electron chi connectivity index (χ3n) is 4.26. The van der Waals surface area contributed by atoms with Gasteiger partial charge in [0.05, 0.1) is 6.07 Å². The predicted octanol–water partition coefficient (Wildman–Crippen LogP) is 4.74. The standard InChI is InChI=1S/C17H24N2/c1-2-7-15-8-6-12-17(14-18,13-11-15)19-16-9-4-3-5-10-16/h3-5,9-10,15,19H,2,6-8,11-13H2,1H3. The molecule has 0 aromatic heterocycles. The number of anilines is 1. The molecule has 0 radical (unpaired) electrons. The van der Waals surface area contributed by atoms with Gasteiger partial charge in [-0.25, -0.2) is 0 Å². The Morgan fingerprint density at radius 1 is 1.26 bits per heavy atom. The highest BCUT2D eigenvalue weighted by Crippen LogP contribution is 2.34. The largest absolute Gasteiger partial charge is 0.367 e. The summed E-state index contributed by atoms with van der Waals surface area (Å²) in [6, 6.07) is 12.7. The van der Waals surface area contributed by atoms with Crippen molar-refractivity contribution in [3.8, 4) is 6.07 Å². The van der Waals surface area contributed by atoms with E-state index in [1.165, 1.54) is 25.7 Å². The topological polar surface area (TPSA) is 35.8 Å². The first-order valence-electron chi connectivity index (χ1n) is 7.52. The van der Waals surface area contributed by atoms with Crippen LogP contribution in [0.25, 0.3) is 0 Å². The van der Waals surface area contributed by atoms with E-state index in [9.17, 15) is 5.26 Å². The average molecular weight is 256 g/mol. The molecule has 2 rings (SSSR count). The lowest BCUT2D eigenvalue weighted by Gasteiger charge is -2.27.